The van der Waals surface area contributed by atoms with Crippen molar-refractivity contribution in [2.24, 2.45) is 5.14 Å². The molecule has 130 valence electrons. The highest BCUT2D eigenvalue weighted by atomic mass is 35.5. The minimum Gasteiger partial charge on any atom is -0.339 e. The Bertz CT molecular complexity index is 845. The van der Waals surface area contributed by atoms with Gasteiger partial charge in [0.1, 0.15) is 11.5 Å². The first kappa shape index (κ1) is 17.3. The van der Waals surface area contributed by atoms with Crippen LogP contribution in [0.25, 0.3) is 11.5 Å². The average molecular weight is 374 g/mol. The van der Waals surface area contributed by atoms with Gasteiger partial charge in [0.25, 0.3) is 10.2 Å². The first-order chi connectivity index (χ1) is 11.2. The molecule has 7 nitrogen and oxygen atoms in total. The summed E-state index contributed by atoms with van der Waals surface area (Å²) in [5.74, 6) is 0.0176. The van der Waals surface area contributed by atoms with Gasteiger partial charge in [-0.2, -0.15) is 12.7 Å². The van der Waals surface area contributed by atoms with Crippen molar-refractivity contribution in [2.45, 2.75) is 25.2 Å². The zero-order chi connectivity index (χ0) is 17.5. The molecular weight excluding hydrogens is 357 g/mol. The van der Waals surface area contributed by atoms with Crippen LogP contribution < -0.4 is 5.14 Å². The molecule has 0 radical (unpaired) electrons. The van der Waals surface area contributed by atoms with E-state index in [0.29, 0.717) is 42.6 Å². The maximum Gasteiger partial charge on any atom is 0.276 e. The second kappa shape index (κ2) is 6.07. The van der Waals surface area contributed by atoms with Crippen molar-refractivity contribution in [1.29, 1.82) is 0 Å². The van der Waals surface area contributed by atoms with Gasteiger partial charge >= 0.3 is 0 Å². The second-order valence-corrected chi connectivity index (χ2v) is 8.02. The lowest BCUT2D eigenvalue weighted by Crippen LogP contribution is -2.46. The molecule has 1 aliphatic heterocycles. The molecule has 1 aliphatic rings. The van der Waals surface area contributed by atoms with Crippen LogP contribution in [-0.2, 0) is 15.6 Å². The molecule has 1 saturated heterocycles. The summed E-state index contributed by atoms with van der Waals surface area (Å²) in [6.45, 7) is 2.62. The summed E-state index contributed by atoms with van der Waals surface area (Å²) in [5.41, 5.74) is 0.846. The average Bonchev–Trinajstić information content (AvgIpc) is 2.90. The number of halogens is 2. The number of hydrogen-bond acceptors (Lipinski definition) is 4. The third-order valence-corrected chi connectivity index (χ3v) is 5.78. The van der Waals surface area contributed by atoms with Crippen molar-refractivity contribution in [3.05, 3.63) is 35.0 Å². The number of pyridine rings is 1. The molecule has 2 aromatic heterocycles. The van der Waals surface area contributed by atoms with Gasteiger partial charge < -0.3 is 4.98 Å². The molecular formula is C14H17ClFN5O2S. The standard InChI is InChI=1S/C14H17ClFN5O2S/c1-14(4-6-21(7-5-14)24(17,22)23)11-12(15)20-13(19-11)10-3-2-9(16)8-18-10/h2-3,8H,4-7H2,1H3,(H,19,20)(H2,17,22,23). The van der Waals surface area contributed by atoms with E-state index in [1.807, 2.05) is 6.92 Å². The van der Waals surface area contributed by atoms with Crippen LogP contribution in [0.1, 0.15) is 25.5 Å². The lowest BCUT2D eigenvalue weighted by molar-refractivity contribution is 0.245. The Hall–Kier alpha value is -1.55. The van der Waals surface area contributed by atoms with E-state index in [4.69, 9.17) is 16.7 Å². The Morgan fingerprint density at radius 3 is 2.58 bits per heavy atom. The number of aromatic nitrogens is 3. The molecule has 3 N–H and O–H groups in total. The molecule has 0 saturated carbocycles. The van der Waals surface area contributed by atoms with Gasteiger partial charge in [0.05, 0.1) is 11.9 Å². The summed E-state index contributed by atoms with van der Waals surface area (Å²) in [4.78, 5) is 11.4. The highest BCUT2D eigenvalue weighted by molar-refractivity contribution is 7.86. The zero-order valence-electron chi connectivity index (χ0n) is 13.0. The number of nitrogens with zero attached hydrogens (tertiary/aromatic N) is 3. The molecule has 24 heavy (non-hydrogen) atoms. The fraction of sp³-hybridized carbons (Fsp3) is 0.429. The molecule has 0 aliphatic carbocycles. The zero-order valence-corrected chi connectivity index (χ0v) is 14.5. The molecule has 0 aromatic carbocycles. The third kappa shape index (κ3) is 3.30. The van der Waals surface area contributed by atoms with Gasteiger partial charge in [-0.3, -0.25) is 0 Å². The van der Waals surface area contributed by atoms with Gasteiger partial charge in [0.2, 0.25) is 0 Å². The summed E-state index contributed by atoms with van der Waals surface area (Å²) in [6, 6.07) is 2.81. The molecule has 3 rings (SSSR count). The fourth-order valence-electron chi connectivity index (χ4n) is 2.87. The van der Waals surface area contributed by atoms with Crippen LogP contribution in [0.5, 0.6) is 0 Å². The van der Waals surface area contributed by atoms with Gasteiger partial charge in [0.15, 0.2) is 11.0 Å². The predicted molar refractivity (Wildman–Crippen MR) is 88.1 cm³/mol. The number of piperidine rings is 1. The highest BCUT2D eigenvalue weighted by Crippen LogP contribution is 2.38. The van der Waals surface area contributed by atoms with Gasteiger partial charge in [-0.15, -0.1) is 0 Å². The van der Waals surface area contributed by atoms with E-state index >= 15 is 0 Å². The fourth-order valence-corrected chi connectivity index (χ4v) is 3.92. The van der Waals surface area contributed by atoms with E-state index in [1.54, 1.807) is 0 Å². The molecule has 0 amide bonds. The molecule has 10 heteroatoms. The van der Waals surface area contributed by atoms with Crippen LogP contribution in [0.3, 0.4) is 0 Å². The monoisotopic (exact) mass is 373 g/mol. The van der Waals surface area contributed by atoms with Gasteiger partial charge in [-0.05, 0) is 25.0 Å². The largest absolute Gasteiger partial charge is 0.339 e. The van der Waals surface area contributed by atoms with Crippen LogP contribution in [0, 0.1) is 5.82 Å². The van der Waals surface area contributed by atoms with E-state index < -0.39 is 16.0 Å². The van der Waals surface area contributed by atoms with Crippen LogP contribution in [-0.4, -0.2) is 40.8 Å². The first-order valence-corrected chi connectivity index (χ1v) is 9.23. The van der Waals surface area contributed by atoms with Crippen LogP contribution >= 0.6 is 11.6 Å². The number of nitrogens with two attached hydrogens (primary N) is 1. The van der Waals surface area contributed by atoms with Crippen LogP contribution in [0.4, 0.5) is 4.39 Å². The molecule has 0 bridgehead atoms. The number of hydrogen-bond donors (Lipinski definition) is 2. The number of nitrogens with one attached hydrogen (secondary N) is 1. The Labute approximate surface area is 144 Å². The third-order valence-electron chi connectivity index (χ3n) is 4.42. The van der Waals surface area contributed by atoms with Crippen LogP contribution in [0.15, 0.2) is 18.3 Å². The molecule has 0 spiro atoms. The second-order valence-electron chi connectivity index (χ2n) is 6.12. The van der Waals surface area contributed by atoms with Gasteiger partial charge in [0, 0.05) is 18.5 Å². The maximum atomic E-state index is 13.0. The quantitative estimate of drug-likeness (QED) is 0.855. The van der Waals surface area contributed by atoms with Crippen molar-refractivity contribution in [3.63, 3.8) is 0 Å². The predicted octanol–water partition coefficient (Wildman–Crippen LogP) is 1.82. The van der Waals surface area contributed by atoms with Gasteiger partial charge in [-0.25, -0.2) is 19.5 Å². The van der Waals surface area contributed by atoms with Crippen molar-refractivity contribution < 1.29 is 12.8 Å². The summed E-state index contributed by atoms with van der Waals surface area (Å²) >= 11 is 6.27. The topological polar surface area (TPSA) is 105 Å². The van der Waals surface area contributed by atoms with E-state index in [2.05, 4.69) is 15.0 Å². The first-order valence-electron chi connectivity index (χ1n) is 7.35. The summed E-state index contributed by atoms with van der Waals surface area (Å²) in [6.07, 6.45) is 2.22. The van der Waals surface area contributed by atoms with E-state index in [0.717, 1.165) is 11.9 Å². The summed E-state index contributed by atoms with van der Waals surface area (Å²) in [5, 5.41) is 5.48. The summed E-state index contributed by atoms with van der Waals surface area (Å²) in [7, 11) is -3.68. The number of imidazole rings is 1. The Morgan fingerprint density at radius 1 is 1.38 bits per heavy atom. The molecule has 0 atom stereocenters. The molecule has 0 unspecified atom stereocenters. The Kier molecular flexibility index (Phi) is 4.37. The van der Waals surface area contributed by atoms with Crippen LogP contribution in [0.2, 0.25) is 5.15 Å². The van der Waals surface area contributed by atoms with Crippen molar-refractivity contribution in [3.8, 4) is 11.5 Å². The normalized spacial score (nSPS) is 18.7. The highest BCUT2D eigenvalue weighted by Gasteiger charge is 2.38. The van der Waals surface area contributed by atoms with E-state index in [1.165, 1.54) is 16.4 Å². The number of H-pyrrole nitrogens is 1. The van der Waals surface area contributed by atoms with E-state index in [-0.39, 0.29) is 5.41 Å². The van der Waals surface area contributed by atoms with Crippen molar-refractivity contribution >= 4 is 21.8 Å². The number of aromatic amines is 1. The lowest BCUT2D eigenvalue weighted by Gasteiger charge is -2.37. The SMILES string of the molecule is CC1(c2[nH]c(-c3ccc(F)cn3)nc2Cl)CCN(S(N)(=O)=O)CC1. The minimum absolute atomic E-state index is 0.308. The number of rotatable bonds is 3. The Balaban J connectivity index is 1.86. The maximum absolute atomic E-state index is 13.0. The smallest absolute Gasteiger partial charge is 0.276 e. The lowest BCUT2D eigenvalue weighted by atomic mass is 9.78. The van der Waals surface area contributed by atoms with Crippen molar-refractivity contribution in [2.75, 3.05) is 13.1 Å². The molecule has 2 aromatic rings. The van der Waals surface area contributed by atoms with Gasteiger partial charge in [-0.1, -0.05) is 18.5 Å². The minimum atomic E-state index is -3.68. The van der Waals surface area contributed by atoms with E-state index in [9.17, 15) is 12.8 Å². The van der Waals surface area contributed by atoms with Crippen molar-refractivity contribution in [1.82, 2.24) is 19.3 Å². The molecule has 3 heterocycles. The summed E-state index contributed by atoms with van der Waals surface area (Å²) < 4.78 is 37.1. The Morgan fingerprint density at radius 2 is 2.04 bits per heavy atom. The molecule has 1 fully saturated rings.